The molecule has 0 saturated heterocycles. The Labute approximate surface area is 134 Å². The van der Waals surface area contributed by atoms with Crippen LogP contribution < -0.4 is 5.32 Å². The minimum Gasteiger partial charge on any atom is -0.308 e. The predicted octanol–water partition coefficient (Wildman–Crippen LogP) is 2.82. The molecule has 1 N–H and O–H groups in total. The van der Waals surface area contributed by atoms with Crippen LogP contribution in [0.15, 0.2) is 23.1 Å². The van der Waals surface area contributed by atoms with E-state index < -0.39 is 0 Å². The Bertz CT molecular complexity index is 567. The maximum absolute atomic E-state index is 4.56. The highest BCUT2D eigenvalue weighted by atomic mass is 79.9. The number of nitrogens with one attached hydrogen (secondary N) is 1. The van der Waals surface area contributed by atoms with Gasteiger partial charge >= 0.3 is 0 Å². The number of halogens is 1. The van der Waals surface area contributed by atoms with Gasteiger partial charge in [0, 0.05) is 32.1 Å². The van der Waals surface area contributed by atoms with Crippen LogP contribution in [-0.4, -0.2) is 26.3 Å². The van der Waals surface area contributed by atoms with Crippen LogP contribution in [0.1, 0.15) is 43.4 Å². The molecule has 0 aliphatic carbocycles. The molecule has 6 heteroatoms. The standard InChI is InChI=1S/C15H22BrN5/c1-4-6-18-12(13-10-17-7-8-19-13)9-14-15(16)11(5-2)20-21(14)3/h7-8,10,12,18H,4-6,9H2,1-3H3. The molecule has 0 aliphatic heterocycles. The second kappa shape index (κ2) is 7.66. The van der Waals surface area contributed by atoms with Gasteiger partial charge in [-0.2, -0.15) is 5.10 Å². The molecule has 1 atom stereocenters. The van der Waals surface area contributed by atoms with Crippen LogP contribution >= 0.6 is 15.9 Å². The van der Waals surface area contributed by atoms with E-state index in [0.717, 1.165) is 41.7 Å². The first-order valence-electron chi connectivity index (χ1n) is 7.36. The highest BCUT2D eigenvalue weighted by Crippen LogP contribution is 2.26. The van der Waals surface area contributed by atoms with Crippen molar-refractivity contribution in [3.8, 4) is 0 Å². The van der Waals surface area contributed by atoms with Crippen LogP contribution in [0.5, 0.6) is 0 Å². The van der Waals surface area contributed by atoms with Gasteiger partial charge in [0.05, 0.1) is 27.6 Å². The van der Waals surface area contributed by atoms with Crippen molar-refractivity contribution < 1.29 is 0 Å². The molecule has 2 aromatic heterocycles. The van der Waals surface area contributed by atoms with Gasteiger partial charge in [-0.1, -0.05) is 13.8 Å². The van der Waals surface area contributed by atoms with Crippen molar-refractivity contribution in [2.45, 2.75) is 39.2 Å². The molecule has 0 bridgehead atoms. The van der Waals surface area contributed by atoms with Gasteiger partial charge in [-0.25, -0.2) is 0 Å². The van der Waals surface area contributed by atoms with Crippen molar-refractivity contribution in [3.05, 3.63) is 40.1 Å². The number of aromatic nitrogens is 4. The van der Waals surface area contributed by atoms with Crippen molar-refractivity contribution in [2.75, 3.05) is 6.54 Å². The third kappa shape index (κ3) is 3.89. The van der Waals surface area contributed by atoms with Gasteiger partial charge in [-0.05, 0) is 35.3 Å². The molecule has 2 heterocycles. The lowest BCUT2D eigenvalue weighted by Gasteiger charge is -2.18. The van der Waals surface area contributed by atoms with Crippen molar-refractivity contribution in [1.82, 2.24) is 25.1 Å². The third-order valence-electron chi connectivity index (χ3n) is 3.48. The van der Waals surface area contributed by atoms with E-state index in [1.165, 1.54) is 5.69 Å². The Balaban J connectivity index is 2.25. The Morgan fingerprint density at radius 2 is 2.14 bits per heavy atom. The molecule has 0 aliphatic rings. The summed E-state index contributed by atoms with van der Waals surface area (Å²) in [7, 11) is 1.99. The van der Waals surface area contributed by atoms with Crippen LogP contribution in [-0.2, 0) is 19.9 Å². The van der Waals surface area contributed by atoms with E-state index in [9.17, 15) is 0 Å². The Morgan fingerprint density at radius 1 is 1.33 bits per heavy atom. The largest absolute Gasteiger partial charge is 0.308 e. The zero-order chi connectivity index (χ0) is 15.2. The minimum atomic E-state index is 0.148. The molecular weight excluding hydrogens is 330 g/mol. The van der Waals surface area contributed by atoms with E-state index in [0.29, 0.717) is 0 Å². The Kier molecular flexibility index (Phi) is 5.87. The fourth-order valence-corrected chi connectivity index (χ4v) is 3.10. The number of nitrogens with zero attached hydrogens (tertiary/aromatic N) is 4. The minimum absolute atomic E-state index is 0.148. The van der Waals surface area contributed by atoms with Gasteiger partial charge in [0.1, 0.15) is 0 Å². The average molecular weight is 352 g/mol. The molecule has 0 fully saturated rings. The Hall–Kier alpha value is -1.27. The number of hydrogen-bond donors (Lipinski definition) is 1. The van der Waals surface area contributed by atoms with Crippen molar-refractivity contribution in [3.63, 3.8) is 0 Å². The summed E-state index contributed by atoms with van der Waals surface area (Å²) in [5.41, 5.74) is 3.25. The molecule has 0 spiro atoms. The van der Waals surface area contributed by atoms with Gasteiger partial charge in [-0.3, -0.25) is 14.6 Å². The lowest BCUT2D eigenvalue weighted by atomic mass is 10.1. The van der Waals surface area contributed by atoms with Gasteiger partial charge in [0.15, 0.2) is 0 Å². The highest BCUT2D eigenvalue weighted by Gasteiger charge is 2.19. The van der Waals surface area contributed by atoms with Crippen LogP contribution in [0.4, 0.5) is 0 Å². The second-order valence-electron chi connectivity index (χ2n) is 5.03. The SMILES string of the molecule is CCCNC(Cc1c(Br)c(CC)nn1C)c1cnccn1. The molecule has 1 unspecified atom stereocenters. The first-order chi connectivity index (χ1) is 10.2. The van der Waals surface area contributed by atoms with Gasteiger partial charge in [0.25, 0.3) is 0 Å². The summed E-state index contributed by atoms with van der Waals surface area (Å²) in [5.74, 6) is 0. The topological polar surface area (TPSA) is 55.6 Å². The number of aryl methyl sites for hydroxylation is 2. The lowest BCUT2D eigenvalue weighted by molar-refractivity contribution is 0.499. The van der Waals surface area contributed by atoms with E-state index >= 15 is 0 Å². The molecule has 0 saturated carbocycles. The average Bonchev–Trinajstić information content (AvgIpc) is 2.79. The van der Waals surface area contributed by atoms with Crippen molar-refractivity contribution in [2.24, 2.45) is 7.05 Å². The first kappa shape index (κ1) is 16.1. The molecule has 0 radical (unpaired) electrons. The van der Waals surface area contributed by atoms with Crippen molar-refractivity contribution in [1.29, 1.82) is 0 Å². The summed E-state index contributed by atoms with van der Waals surface area (Å²) < 4.78 is 3.07. The maximum Gasteiger partial charge on any atom is 0.0766 e. The summed E-state index contributed by atoms with van der Waals surface area (Å²) in [5, 5.41) is 8.11. The predicted molar refractivity (Wildman–Crippen MR) is 87.1 cm³/mol. The molecular formula is C15H22BrN5. The van der Waals surface area contributed by atoms with Crippen LogP contribution in [0, 0.1) is 0 Å². The maximum atomic E-state index is 4.56. The fourth-order valence-electron chi connectivity index (χ4n) is 2.33. The second-order valence-corrected chi connectivity index (χ2v) is 5.82. The zero-order valence-corrected chi connectivity index (χ0v) is 14.4. The van der Waals surface area contributed by atoms with E-state index in [-0.39, 0.29) is 6.04 Å². The molecule has 21 heavy (non-hydrogen) atoms. The summed E-state index contributed by atoms with van der Waals surface area (Å²) in [6.07, 6.45) is 8.12. The zero-order valence-electron chi connectivity index (χ0n) is 12.8. The van der Waals surface area contributed by atoms with Crippen LogP contribution in [0.2, 0.25) is 0 Å². The fraction of sp³-hybridized carbons (Fsp3) is 0.533. The van der Waals surface area contributed by atoms with E-state index in [1.54, 1.807) is 12.4 Å². The summed E-state index contributed by atoms with van der Waals surface area (Å²) >= 11 is 3.68. The molecule has 0 aromatic carbocycles. The smallest absolute Gasteiger partial charge is 0.0766 e. The molecule has 114 valence electrons. The summed E-state index contributed by atoms with van der Waals surface area (Å²) in [4.78, 5) is 8.63. The first-order valence-corrected chi connectivity index (χ1v) is 8.16. The monoisotopic (exact) mass is 351 g/mol. The van der Waals surface area contributed by atoms with Gasteiger partial charge in [-0.15, -0.1) is 0 Å². The van der Waals surface area contributed by atoms with Gasteiger partial charge in [0.2, 0.25) is 0 Å². The molecule has 2 aromatic rings. The highest BCUT2D eigenvalue weighted by molar-refractivity contribution is 9.10. The van der Waals surface area contributed by atoms with Crippen LogP contribution in [0.3, 0.4) is 0 Å². The Morgan fingerprint density at radius 3 is 2.71 bits per heavy atom. The van der Waals surface area contributed by atoms with Gasteiger partial charge < -0.3 is 5.32 Å². The molecule has 5 nitrogen and oxygen atoms in total. The molecule has 0 amide bonds. The third-order valence-corrected chi connectivity index (χ3v) is 4.40. The number of rotatable bonds is 7. The van der Waals surface area contributed by atoms with Crippen molar-refractivity contribution >= 4 is 15.9 Å². The normalized spacial score (nSPS) is 12.6. The van der Waals surface area contributed by atoms with Crippen LogP contribution in [0.25, 0.3) is 0 Å². The van der Waals surface area contributed by atoms with E-state index in [2.05, 4.69) is 50.2 Å². The number of hydrogen-bond acceptors (Lipinski definition) is 4. The van der Waals surface area contributed by atoms with E-state index in [4.69, 9.17) is 0 Å². The molecule has 2 rings (SSSR count). The lowest BCUT2D eigenvalue weighted by Crippen LogP contribution is -2.26. The summed E-state index contributed by atoms with van der Waals surface area (Å²) in [6, 6.07) is 0.148. The summed E-state index contributed by atoms with van der Waals surface area (Å²) in [6.45, 7) is 5.24. The van der Waals surface area contributed by atoms with E-state index in [1.807, 2.05) is 17.9 Å². The quantitative estimate of drug-likeness (QED) is 0.833.